The van der Waals surface area contributed by atoms with Crippen LogP contribution in [0.4, 0.5) is 0 Å². The van der Waals surface area contributed by atoms with Crippen molar-refractivity contribution in [2.24, 2.45) is 18.7 Å². The summed E-state index contributed by atoms with van der Waals surface area (Å²) in [6, 6.07) is 1.87. The van der Waals surface area contributed by atoms with E-state index in [1.165, 1.54) is 0 Å². The Hall–Kier alpha value is -1.16. The van der Waals surface area contributed by atoms with E-state index in [0.29, 0.717) is 19.4 Å². The molecule has 0 aliphatic carbocycles. The van der Waals surface area contributed by atoms with Crippen LogP contribution in [0.3, 0.4) is 0 Å². The highest BCUT2D eigenvalue weighted by molar-refractivity contribution is 5.80. The number of nitrogens with zero attached hydrogens (tertiary/aromatic N) is 2. The minimum atomic E-state index is 0.210. The molecule has 2 N–H and O–H groups in total. The van der Waals surface area contributed by atoms with Gasteiger partial charge in [-0.1, -0.05) is 6.92 Å². The van der Waals surface area contributed by atoms with E-state index in [9.17, 15) is 4.79 Å². The number of ketones is 1. The molecule has 1 heterocycles. The number of aromatic nitrogens is 2. The highest BCUT2D eigenvalue weighted by Gasteiger charge is 2.09. The molecule has 0 saturated carbocycles. The molecule has 0 radical (unpaired) electrons. The van der Waals surface area contributed by atoms with Gasteiger partial charge in [0.25, 0.3) is 0 Å². The molecule has 1 atom stereocenters. The Morgan fingerprint density at radius 3 is 2.93 bits per heavy atom. The average molecular weight is 195 g/mol. The quantitative estimate of drug-likeness (QED) is 0.745. The van der Waals surface area contributed by atoms with Gasteiger partial charge in [-0.15, -0.1) is 0 Å². The second-order valence-electron chi connectivity index (χ2n) is 3.74. The molecule has 0 bridgehead atoms. The first kappa shape index (κ1) is 10.9. The van der Waals surface area contributed by atoms with Crippen molar-refractivity contribution in [3.63, 3.8) is 0 Å². The predicted octanol–water partition coefficient (Wildman–Crippen LogP) is 0.517. The summed E-state index contributed by atoms with van der Waals surface area (Å²) in [5, 5.41) is 4.15. The Kier molecular flexibility index (Phi) is 3.83. The van der Waals surface area contributed by atoms with Crippen LogP contribution < -0.4 is 5.73 Å². The van der Waals surface area contributed by atoms with Gasteiger partial charge >= 0.3 is 0 Å². The van der Waals surface area contributed by atoms with Crippen molar-refractivity contribution in [3.8, 4) is 0 Å². The van der Waals surface area contributed by atoms with E-state index in [0.717, 1.165) is 5.69 Å². The van der Waals surface area contributed by atoms with Gasteiger partial charge in [0.15, 0.2) is 0 Å². The molecule has 0 amide bonds. The fourth-order valence-electron chi connectivity index (χ4n) is 1.30. The van der Waals surface area contributed by atoms with Crippen LogP contribution in [0, 0.1) is 5.92 Å². The zero-order chi connectivity index (χ0) is 10.6. The van der Waals surface area contributed by atoms with Crippen LogP contribution in [0.2, 0.25) is 0 Å². The SMILES string of the molecule is CC(CN)CC(=O)Cc1ccn(C)n1. The molecule has 14 heavy (non-hydrogen) atoms. The standard InChI is InChI=1S/C10H17N3O/c1-8(7-11)5-10(14)6-9-3-4-13(2)12-9/h3-4,8H,5-7,11H2,1-2H3. The monoisotopic (exact) mass is 195 g/mol. The third kappa shape index (κ3) is 3.30. The second-order valence-corrected chi connectivity index (χ2v) is 3.74. The van der Waals surface area contributed by atoms with E-state index in [4.69, 9.17) is 5.73 Å². The van der Waals surface area contributed by atoms with Crippen LogP contribution in [0.5, 0.6) is 0 Å². The number of aryl methyl sites for hydroxylation is 1. The number of carbonyl (C=O) groups excluding carboxylic acids is 1. The smallest absolute Gasteiger partial charge is 0.139 e. The highest BCUT2D eigenvalue weighted by atomic mass is 16.1. The summed E-state index contributed by atoms with van der Waals surface area (Å²) in [6.07, 6.45) is 2.81. The van der Waals surface area contributed by atoms with E-state index >= 15 is 0 Å². The fraction of sp³-hybridized carbons (Fsp3) is 0.600. The van der Waals surface area contributed by atoms with Crippen LogP contribution in [0.1, 0.15) is 19.0 Å². The minimum absolute atomic E-state index is 0.210. The Morgan fingerprint density at radius 1 is 1.71 bits per heavy atom. The van der Waals surface area contributed by atoms with E-state index in [-0.39, 0.29) is 11.7 Å². The minimum Gasteiger partial charge on any atom is -0.330 e. The normalized spacial score (nSPS) is 12.8. The molecular weight excluding hydrogens is 178 g/mol. The van der Waals surface area contributed by atoms with Crippen molar-refractivity contribution in [1.29, 1.82) is 0 Å². The van der Waals surface area contributed by atoms with Gasteiger partial charge in [-0.3, -0.25) is 9.48 Å². The summed E-state index contributed by atoms with van der Waals surface area (Å²) < 4.78 is 1.70. The van der Waals surface area contributed by atoms with Crippen LogP contribution in [0.15, 0.2) is 12.3 Å². The van der Waals surface area contributed by atoms with Crippen molar-refractivity contribution in [3.05, 3.63) is 18.0 Å². The Morgan fingerprint density at radius 2 is 2.43 bits per heavy atom. The van der Waals surface area contributed by atoms with Crippen LogP contribution in [-0.2, 0) is 18.3 Å². The van der Waals surface area contributed by atoms with Crippen LogP contribution >= 0.6 is 0 Å². The Labute approximate surface area is 84.1 Å². The third-order valence-electron chi connectivity index (χ3n) is 2.13. The molecule has 1 rings (SSSR count). The number of hydrogen-bond acceptors (Lipinski definition) is 3. The molecule has 4 nitrogen and oxygen atoms in total. The molecule has 1 aromatic heterocycles. The molecule has 0 fully saturated rings. The average Bonchev–Trinajstić information content (AvgIpc) is 2.50. The van der Waals surface area contributed by atoms with Gasteiger partial charge in [-0.25, -0.2) is 0 Å². The molecule has 0 aliphatic heterocycles. The summed E-state index contributed by atoms with van der Waals surface area (Å²) in [4.78, 5) is 11.5. The van der Waals surface area contributed by atoms with Gasteiger partial charge in [0, 0.05) is 19.7 Å². The van der Waals surface area contributed by atoms with Crippen molar-refractivity contribution < 1.29 is 4.79 Å². The summed E-state index contributed by atoms with van der Waals surface area (Å²) >= 11 is 0. The maximum atomic E-state index is 11.5. The largest absolute Gasteiger partial charge is 0.330 e. The van der Waals surface area contributed by atoms with E-state index in [1.807, 2.05) is 26.2 Å². The maximum absolute atomic E-state index is 11.5. The number of Topliss-reactive ketones (excluding diaryl/α,β-unsaturated/α-hetero) is 1. The maximum Gasteiger partial charge on any atom is 0.139 e. The Bertz CT molecular complexity index is 306. The topological polar surface area (TPSA) is 60.9 Å². The lowest BCUT2D eigenvalue weighted by atomic mass is 10.0. The molecule has 78 valence electrons. The lowest BCUT2D eigenvalue weighted by molar-refractivity contribution is -0.119. The number of nitrogens with two attached hydrogens (primary N) is 1. The lowest BCUT2D eigenvalue weighted by Gasteiger charge is -2.05. The van der Waals surface area contributed by atoms with Crippen molar-refractivity contribution >= 4 is 5.78 Å². The van der Waals surface area contributed by atoms with Gasteiger partial charge in [-0.2, -0.15) is 5.10 Å². The number of hydrogen-bond donors (Lipinski definition) is 1. The summed E-state index contributed by atoms with van der Waals surface area (Å²) in [7, 11) is 1.84. The molecule has 0 aromatic carbocycles. The number of rotatable bonds is 5. The number of carbonyl (C=O) groups is 1. The molecule has 1 aromatic rings. The Balaban J connectivity index is 2.41. The summed E-state index contributed by atoms with van der Waals surface area (Å²) in [5.74, 6) is 0.480. The molecule has 4 heteroatoms. The van der Waals surface area contributed by atoms with Crippen LogP contribution in [-0.4, -0.2) is 22.1 Å². The second kappa shape index (κ2) is 4.91. The van der Waals surface area contributed by atoms with Gasteiger partial charge in [0.05, 0.1) is 12.1 Å². The first-order chi connectivity index (χ1) is 6.61. The van der Waals surface area contributed by atoms with Crippen molar-refractivity contribution in [2.75, 3.05) is 6.54 Å². The third-order valence-corrected chi connectivity index (χ3v) is 2.13. The van der Waals surface area contributed by atoms with E-state index in [2.05, 4.69) is 5.10 Å². The van der Waals surface area contributed by atoms with Gasteiger partial charge in [-0.05, 0) is 18.5 Å². The van der Waals surface area contributed by atoms with Gasteiger partial charge in [0.2, 0.25) is 0 Å². The van der Waals surface area contributed by atoms with Gasteiger partial charge in [0.1, 0.15) is 5.78 Å². The molecule has 0 spiro atoms. The van der Waals surface area contributed by atoms with E-state index in [1.54, 1.807) is 4.68 Å². The van der Waals surface area contributed by atoms with Crippen molar-refractivity contribution in [1.82, 2.24) is 9.78 Å². The first-order valence-corrected chi connectivity index (χ1v) is 4.82. The zero-order valence-electron chi connectivity index (χ0n) is 8.73. The van der Waals surface area contributed by atoms with Gasteiger partial charge < -0.3 is 5.73 Å². The predicted molar refractivity (Wildman–Crippen MR) is 54.8 cm³/mol. The molecular formula is C10H17N3O. The van der Waals surface area contributed by atoms with E-state index < -0.39 is 0 Å². The van der Waals surface area contributed by atoms with Crippen molar-refractivity contribution in [2.45, 2.75) is 19.8 Å². The highest BCUT2D eigenvalue weighted by Crippen LogP contribution is 2.04. The zero-order valence-corrected chi connectivity index (χ0v) is 8.73. The summed E-state index contributed by atoms with van der Waals surface area (Å²) in [6.45, 7) is 2.55. The molecule has 0 saturated heterocycles. The summed E-state index contributed by atoms with van der Waals surface area (Å²) in [5.41, 5.74) is 6.28. The first-order valence-electron chi connectivity index (χ1n) is 4.82. The molecule has 0 aliphatic rings. The van der Waals surface area contributed by atoms with Crippen LogP contribution in [0.25, 0.3) is 0 Å². The molecule has 1 unspecified atom stereocenters. The fourth-order valence-corrected chi connectivity index (χ4v) is 1.30. The lowest BCUT2D eigenvalue weighted by Crippen LogP contribution is -2.16.